The van der Waals surface area contributed by atoms with Crippen LogP contribution in [-0.4, -0.2) is 12.6 Å². The summed E-state index contributed by atoms with van der Waals surface area (Å²) in [6.07, 6.45) is -2.67. The first-order chi connectivity index (χ1) is 8.01. The first-order valence-electron chi connectivity index (χ1n) is 5.01. The molecule has 5 heteroatoms. The molecule has 0 saturated heterocycles. The Balaban J connectivity index is 3.32. The quantitative estimate of drug-likeness (QED) is 0.762. The molecule has 0 N–H and O–H groups in total. The third kappa shape index (κ3) is 2.78. The van der Waals surface area contributed by atoms with Gasteiger partial charge in [-0.1, -0.05) is 0 Å². The van der Waals surface area contributed by atoms with Crippen LogP contribution in [0.4, 0.5) is 8.78 Å². The second kappa shape index (κ2) is 5.39. The highest BCUT2D eigenvalue weighted by molar-refractivity contribution is 5.94. The van der Waals surface area contributed by atoms with Crippen LogP contribution in [0.25, 0.3) is 0 Å². The molecule has 17 heavy (non-hydrogen) atoms. The average Bonchev–Trinajstić information content (AvgIpc) is 2.27. The van der Waals surface area contributed by atoms with Crippen molar-refractivity contribution >= 4 is 5.97 Å². The lowest BCUT2D eigenvalue weighted by Crippen LogP contribution is -2.10. The Labute approximate surface area is 97.6 Å². The summed E-state index contributed by atoms with van der Waals surface area (Å²) >= 11 is 0. The van der Waals surface area contributed by atoms with Gasteiger partial charge in [-0.2, -0.15) is 5.26 Å². The normalized spacial score (nSPS) is 10.1. The van der Waals surface area contributed by atoms with E-state index in [0.29, 0.717) is 5.56 Å². The molecule has 0 aliphatic carbocycles. The second-order valence-corrected chi connectivity index (χ2v) is 3.39. The summed E-state index contributed by atoms with van der Waals surface area (Å²) in [5.41, 5.74) is 0.0161. The van der Waals surface area contributed by atoms with Crippen LogP contribution in [0.5, 0.6) is 0 Å². The third-order valence-electron chi connectivity index (χ3n) is 2.21. The van der Waals surface area contributed by atoms with Gasteiger partial charge >= 0.3 is 5.97 Å². The molecule has 1 rings (SSSR count). The van der Waals surface area contributed by atoms with E-state index in [1.807, 2.05) is 0 Å². The number of hydrogen-bond donors (Lipinski definition) is 0. The smallest absolute Gasteiger partial charge is 0.339 e. The zero-order valence-corrected chi connectivity index (χ0v) is 9.46. The molecule has 0 aliphatic heterocycles. The van der Waals surface area contributed by atoms with E-state index in [2.05, 4.69) is 0 Å². The molecule has 0 radical (unpaired) electrons. The maximum absolute atomic E-state index is 12.5. The number of nitrogens with zero attached hydrogens (tertiary/aromatic N) is 1. The van der Waals surface area contributed by atoms with Crippen molar-refractivity contribution in [1.82, 2.24) is 0 Å². The van der Waals surface area contributed by atoms with Crippen LogP contribution in [0.2, 0.25) is 0 Å². The lowest BCUT2D eigenvalue weighted by Gasteiger charge is -2.09. The molecule has 0 atom stereocenters. The van der Waals surface area contributed by atoms with Gasteiger partial charge in [-0.05, 0) is 31.5 Å². The largest absolute Gasteiger partial charge is 0.462 e. The van der Waals surface area contributed by atoms with E-state index in [0.717, 1.165) is 6.07 Å². The van der Waals surface area contributed by atoms with Crippen LogP contribution in [0.1, 0.15) is 40.4 Å². The van der Waals surface area contributed by atoms with Crippen LogP contribution in [0.15, 0.2) is 12.1 Å². The van der Waals surface area contributed by atoms with E-state index in [9.17, 15) is 13.6 Å². The van der Waals surface area contributed by atoms with E-state index in [1.165, 1.54) is 13.0 Å². The Morgan fingerprint density at radius 3 is 2.65 bits per heavy atom. The maximum atomic E-state index is 12.5. The molecule has 0 fully saturated rings. The highest BCUT2D eigenvalue weighted by atomic mass is 19.3. The van der Waals surface area contributed by atoms with Crippen LogP contribution in [0.3, 0.4) is 0 Å². The first-order valence-corrected chi connectivity index (χ1v) is 5.01. The number of halogens is 2. The molecule has 0 spiro atoms. The Bertz CT molecular complexity index is 478. The molecule has 0 saturated carbocycles. The Kier molecular flexibility index (Phi) is 4.16. The molecule has 1 aromatic carbocycles. The van der Waals surface area contributed by atoms with Gasteiger partial charge in [-0.25, -0.2) is 13.6 Å². The summed E-state index contributed by atoms with van der Waals surface area (Å²) in [7, 11) is 0. The van der Waals surface area contributed by atoms with Gasteiger partial charge in [0, 0.05) is 5.56 Å². The van der Waals surface area contributed by atoms with Crippen molar-refractivity contribution in [3.63, 3.8) is 0 Å². The fourth-order valence-corrected chi connectivity index (χ4v) is 1.50. The minimum atomic E-state index is -2.67. The maximum Gasteiger partial charge on any atom is 0.339 e. The zero-order chi connectivity index (χ0) is 13.0. The number of ether oxygens (including phenoxy) is 1. The fourth-order valence-electron chi connectivity index (χ4n) is 1.50. The van der Waals surface area contributed by atoms with Gasteiger partial charge in [0.05, 0.1) is 17.7 Å². The second-order valence-electron chi connectivity index (χ2n) is 3.39. The minimum Gasteiger partial charge on any atom is -0.462 e. The lowest BCUT2D eigenvalue weighted by atomic mass is 9.99. The van der Waals surface area contributed by atoms with Crippen molar-refractivity contribution in [3.8, 4) is 6.07 Å². The van der Waals surface area contributed by atoms with E-state index >= 15 is 0 Å². The number of carbonyl (C=O) groups is 1. The highest BCUT2D eigenvalue weighted by Gasteiger charge is 2.19. The van der Waals surface area contributed by atoms with Gasteiger partial charge in [-0.3, -0.25) is 0 Å². The lowest BCUT2D eigenvalue weighted by molar-refractivity contribution is 0.0524. The van der Waals surface area contributed by atoms with Gasteiger partial charge in [0.25, 0.3) is 6.43 Å². The molecule has 90 valence electrons. The molecule has 0 bridgehead atoms. The van der Waals surface area contributed by atoms with Gasteiger partial charge < -0.3 is 4.74 Å². The van der Waals surface area contributed by atoms with Crippen molar-refractivity contribution in [2.24, 2.45) is 0 Å². The molecule has 0 aliphatic rings. The van der Waals surface area contributed by atoms with E-state index in [-0.39, 0.29) is 23.3 Å². The predicted molar refractivity (Wildman–Crippen MR) is 56.8 cm³/mol. The number of carbonyl (C=O) groups excluding carboxylic acids is 1. The van der Waals surface area contributed by atoms with Crippen molar-refractivity contribution in [3.05, 3.63) is 34.4 Å². The third-order valence-corrected chi connectivity index (χ3v) is 2.21. The van der Waals surface area contributed by atoms with Crippen molar-refractivity contribution in [2.45, 2.75) is 20.3 Å². The fraction of sp³-hybridized carbons (Fsp3) is 0.333. The first kappa shape index (κ1) is 13.1. The van der Waals surface area contributed by atoms with E-state index in [4.69, 9.17) is 10.00 Å². The molecular formula is C12H11F2NO2. The van der Waals surface area contributed by atoms with Crippen molar-refractivity contribution in [2.75, 3.05) is 6.61 Å². The number of rotatable bonds is 3. The summed E-state index contributed by atoms with van der Waals surface area (Å²) in [6, 6.07) is 3.95. The van der Waals surface area contributed by atoms with E-state index in [1.54, 1.807) is 13.0 Å². The monoisotopic (exact) mass is 239 g/mol. The van der Waals surface area contributed by atoms with Crippen molar-refractivity contribution in [1.29, 1.82) is 5.26 Å². The molecule has 3 nitrogen and oxygen atoms in total. The predicted octanol–water partition coefficient (Wildman–Crippen LogP) is 2.98. The van der Waals surface area contributed by atoms with Crippen LogP contribution < -0.4 is 0 Å². The Morgan fingerprint density at radius 2 is 2.18 bits per heavy atom. The number of esters is 1. The van der Waals surface area contributed by atoms with E-state index < -0.39 is 12.4 Å². The van der Waals surface area contributed by atoms with Crippen LogP contribution >= 0.6 is 0 Å². The SMILES string of the molecule is CCOC(=O)c1c(C)cc(C(F)F)cc1C#N. The highest BCUT2D eigenvalue weighted by Crippen LogP contribution is 2.25. The summed E-state index contributed by atoms with van der Waals surface area (Å²) in [6.45, 7) is 3.30. The van der Waals surface area contributed by atoms with Crippen LogP contribution in [-0.2, 0) is 4.74 Å². The topological polar surface area (TPSA) is 50.1 Å². The average molecular weight is 239 g/mol. The standard InChI is InChI=1S/C12H11F2NO2/c1-3-17-12(16)10-7(2)4-8(11(13)14)5-9(10)6-15/h4-5,11H,3H2,1-2H3. The number of benzene rings is 1. The summed E-state index contributed by atoms with van der Waals surface area (Å²) < 4.78 is 29.8. The zero-order valence-electron chi connectivity index (χ0n) is 9.46. The number of nitriles is 1. The Morgan fingerprint density at radius 1 is 1.53 bits per heavy atom. The minimum absolute atomic E-state index is 0.0544. The molecular weight excluding hydrogens is 228 g/mol. The number of hydrogen-bond acceptors (Lipinski definition) is 3. The molecule has 0 unspecified atom stereocenters. The molecule has 1 aromatic rings. The summed E-state index contributed by atoms with van der Waals surface area (Å²) in [4.78, 5) is 11.6. The van der Waals surface area contributed by atoms with Crippen LogP contribution in [0, 0.1) is 18.3 Å². The summed E-state index contributed by atoms with van der Waals surface area (Å²) in [5.74, 6) is -0.664. The van der Waals surface area contributed by atoms with Crippen molar-refractivity contribution < 1.29 is 18.3 Å². The molecule has 0 heterocycles. The van der Waals surface area contributed by atoms with Gasteiger partial charge in [0.2, 0.25) is 0 Å². The van der Waals surface area contributed by atoms with Gasteiger partial charge in [0.15, 0.2) is 0 Å². The molecule has 0 aromatic heterocycles. The Hall–Kier alpha value is -1.96. The van der Waals surface area contributed by atoms with Gasteiger partial charge in [0.1, 0.15) is 6.07 Å². The summed E-state index contributed by atoms with van der Waals surface area (Å²) in [5, 5.41) is 8.86. The van der Waals surface area contributed by atoms with Gasteiger partial charge in [-0.15, -0.1) is 0 Å². The number of alkyl halides is 2. The number of aryl methyl sites for hydroxylation is 1. The molecule has 0 amide bonds.